The van der Waals surface area contributed by atoms with E-state index >= 15 is 0 Å². The van der Waals surface area contributed by atoms with Gasteiger partial charge >= 0.3 is 6.11 Å². The van der Waals surface area contributed by atoms with Crippen molar-refractivity contribution < 1.29 is 22.6 Å². The highest BCUT2D eigenvalue weighted by atomic mass is 35.5. The third kappa shape index (κ3) is 4.44. The molecule has 0 heterocycles. The van der Waals surface area contributed by atoms with E-state index in [0.717, 1.165) is 0 Å². The summed E-state index contributed by atoms with van der Waals surface area (Å²) >= 11 is 4.47. The number of alkyl halides is 4. The van der Waals surface area contributed by atoms with E-state index in [1.807, 2.05) is 0 Å². The molecule has 0 aromatic rings. The fourth-order valence-electron chi connectivity index (χ4n) is 0.324. The van der Waals surface area contributed by atoms with Crippen LogP contribution in [0.25, 0.3) is 0 Å². The number of halogens is 4. The van der Waals surface area contributed by atoms with Gasteiger partial charge in [-0.2, -0.15) is 8.78 Å². The van der Waals surface area contributed by atoms with E-state index in [2.05, 4.69) is 21.1 Å². The Morgan fingerprint density at radius 3 is 2.36 bits per heavy atom. The van der Waals surface area contributed by atoms with Crippen molar-refractivity contribution in [3.63, 3.8) is 0 Å². The number of rotatable bonds is 5. The topological polar surface area (TPSA) is 18.5 Å². The fraction of sp³-hybridized carbons (Fsp3) is 1.00. The van der Waals surface area contributed by atoms with Crippen LogP contribution < -0.4 is 0 Å². The average molecular weight is 193 g/mol. The molecule has 0 rings (SSSR count). The van der Waals surface area contributed by atoms with Crippen LogP contribution in [0.4, 0.5) is 13.2 Å². The monoisotopic (exact) mass is 192 g/mol. The third-order valence-corrected chi connectivity index (χ3v) is 1.09. The summed E-state index contributed by atoms with van der Waals surface area (Å²) in [7, 11) is 1.31. The van der Waals surface area contributed by atoms with Crippen molar-refractivity contribution in [3.05, 3.63) is 0 Å². The minimum absolute atomic E-state index is 0.0286. The van der Waals surface area contributed by atoms with Crippen LogP contribution in [0.1, 0.15) is 0 Å². The van der Waals surface area contributed by atoms with Gasteiger partial charge in [0.1, 0.15) is 0 Å². The largest absolute Gasteiger partial charge is 0.401 e. The molecule has 0 aliphatic heterocycles. The zero-order valence-electron chi connectivity index (χ0n) is 5.82. The van der Waals surface area contributed by atoms with Gasteiger partial charge in [0.25, 0.3) is 5.63 Å². The smallest absolute Gasteiger partial charge is 0.382 e. The summed E-state index contributed by atoms with van der Waals surface area (Å²) < 4.78 is 44.1. The summed E-state index contributed by atoms with van der Waals surface area (Å²) in [5, 5.41) is 0. The maximum absolute atomic E-state index is 12.1. The quantitative estimate of drug-likeness (QED) is 0.488. The van der Waals surface area contributed by atoms with Crippen molar-refractivity contribution in [2.45, 2.75) is 11.7 Å². The highest BCUT2D eigenvalue weighted by Gasteiger charge is 2.40. The van der Waals surface area contributed by atoms with Crippen molar-refractivity contribution in [3.8, 4) is 0 Å². The molecule has 0 amide bonds. The number of hydrogen-bond acceptors (Lipinski definition) is 2. The molecule has 2 nitrogen and oxygen atoms in total. The Morgan fingerprint density at radius 2 is 2.00 bits per heavy atom. The van der Waals surface area contributed by atoms with Crippen LogP contribution in [0.5, 0.6) is 0 Å². The molecule has 0 aliphatic carbocycles. The van der Waals surface area contributed by atoms with Gasteiger partial charge in [-0.15, -0.1) is 0 Å². The van der Waals surface area contributed by atoms with E-state index in [0.29, 0.717) is 0 Å². The normalized spacial score (nSPS) is 15.0. The SMILES string of the molecule is COCCOC(F)(F)C(F)Cl. The third-order valence-electron chi connectivity index (χ3n) is 0.836. The maximum atomic E-state index is 12.1. The zero-order chi connectivity index (χ0) is 8.91. The minimum Gasteiger partial charge on any atom is -0.382 e. The summed E-state index contributed by atoms with van der Waals surface area (Å²) in [5.41, 5.74) is -2.82. The summed E-state index contributed by atoms with van der Waals surface area (Å²) in [4.78, 5) is 0. The lowest BCUT2D eigenvalue weighted by Crippen LogP contribution is -2.30. The Hall–Kier alpha value is -0.0000000000000000555. The first-order valence-electron chi connectivity index (χ1n) is 2.79. The van der Waals surface area contributed by atoms with Gasteiger partial charge in [-0.1, -0.05) is 11.6 Å². The molecule has 1 unspecified atom stereocenters. The van der Waals surface area contributed by atoms with E-state index in [1.165, 1.54) is 7.11 Å². The number of hydrogen-bond donors (Lipinski definition) is 0. The molecule has 0 spiro atoms. The van der Waals surface area contributed by atoms with Crippen molar-refractivity contribution >= 4 is 11.6 Å². The van der Waals surface area contributed by atoms with Crippen LogP contribution in [-0.4, -0.2) is 32.1 Å². The molecule has 0 aromatic heterocycles. The molecular formula is C5H8ClF3O2. The molecule has 0 fully saturated rings. The highest BCUT2D eigenvalue weighted by Crippen LogP contribution is 2.25. The van der Waals surface area contributed by atoms with Crippen LogP contribution in [0.3, 0.4) is 0 Å². The van der Waals surface area contributed by atoms with E-state index < -0.39 is 18.3 Å². The van der Waals surface area contributed by atoms with Crippen molar-refractivity contribution in [2.24, 2.45) is 0 Å². The second kappa shape index (κ2) is 4.79. The Bertz CT molecular complexity index is 110. The van der Waals surface area contributed by atoms with Crippen molar-refractivity contribution in [2.75, 3.05) is 20.3 Å². The van der Waals surface area contributed by atoms with Gasteiger partial charge < -0.3 is 9.47 Å². The summed E-state index contributed by atoms with van der Waals surface area (Å²) in [5.74, 6) is 0. The van der Waals surface area contributed by atoms with E-state index in [9.17, 15) is 13.2 Å². The Balaban J connectivity index is 3.55. The zero-order valence-corrected chi connectivity index (χ0v) is 6.58. The van der Waals surface area contributed by atoms with Gasteiger partial charge in [-0.25, -0.2) is 4.39 Å². The second-order valence-electron chi connectivity index (χ2n) is 1.70. The Kier molecular flexibility index (Phi) is 4.79. The van der Waals surface area contributed by atoms with Gasteiger partial charge in [0, 0.05) is 7.11 Å². The lowest BCUT2D eigenvalue weighted by Gasteiger charge is -2.15. The van der Waals surface area contributed by atoms with E-state index in [1.54, 1.807) is 0 Å². The van der Waals surface area contributed by atoms with Gasteiger partial charge in [0.05, 0.1) is 13.2 Å². The lowest BCUT2D eigenvalue weighted by atomic mass is 10.6. The average Bonchev–Trinajstić information content (AvgIpc) is 1.88. The maximum Gasteiger partial charge on any atom is 0.401 e. The van der Waals surface area contributed by atoms with Crippen LogP contribution in [-0.2, 0) is 9.47 Å². The summed E-state index contributed by atoms with van der Waals surface area (Å²) in [6.07, 6.45) is -3.93. The molecular weight excluding hydrogens is 184 g/mol. The molecule has 11 heavy (non-hydrogen) atoms. The highest BCUT2D eigenvalue weighted by molar-refractivity contribution is 6.20. The molecule has 1 atom stereocenters. The molecule has 0 aliphatic rings. The molecule has 0 N–H and O–H groups in total. The standard InChI is InChI=1S/C5H8ClF3O2/c1-10-2-3-11-5(8,9)4(6)7/h4H,2-3H2,1H3. The van der Waals surface area contributed by atoms with Crippen LogP contribution in [0.2, 0.25) is 0 Å². The first-order chi connectivity index (χ1) is 5.00. The predicted molar refractivity (Wildman–Crippen MR) is 33.5 cm³/mol. The Labute approximate surface area is 67.2 Å². The molecule has 0 saturated carbocycles. The predicted octanol–water partition coefficient (Wildman–Crippen LogP) is 1.78. The lowest BCUT2D eigenvalue weighted by molar-refractivity contribution is -0.259. The van der Waals surface area contributed by atoms with Crippen molar-refractivity contribution in [1.82, 2.24) is 0 Å². The summed E-state index contributed by atoms with van der Waals surface area (Å²) in [6, 6.07) is 0. The first kappa shape index (κ1) is 11.0. The van der Waals surface area contributed by atoms with Gasteiger partial charge in [0.15, 0.2) is 0 Å². The molecule has 0 radical (unpaired) electrons. The second-order valence-corrected chi connectivity index (χ2v) is 2.09. The van der Waals surface area contributed by atoms with E-state index in [4.69, 9.17) is 0 Å². The molecule has 6 heteroatoms. The summed E-state index contributed by atoms with van der Waals surface area (Å²) in [6.45, 7) is -0.421. The Morgan fingerprint density at radius 1 is 1.45 bits per heavy atom. The van der Waals surface area contributed by atoms with Crippen LogP contribution >= 0.6 is 11.6 Å². The van der Waals surface area contributed by atoms with Gasteiger partial charge in [0.2, 0.25) is 0 Å². The first-order valence-corrected chi connectivity index (χ1v) is 3.23. The molecule has 0 bridgehead atoms. The van der Waals surface area contributed by atoms with Gasteiger partial charge in [-0.05, 0) is 0 Å². The fourth-order valence-corrected chi connectivity index (χ4v) is 0.387. The molecule has 0 saturated heterocycles. The number of ether oxygens (including phenoxy) is 2. The van der Waals surface area contributed by atoms with Crippen LogP contribution in [0, 0.1) is 0 Å². The molecule has 68 valence electrons. The number of methoxy groups -OCH3 is 1. The van der Waals surface area contributed by atoms with Crippen LogP contribution in [0.15, 0.2) is 0 Å². The molecule has 0 aromatic carbocycles. The van der Waals surface area contributed by atoms with Crippen molar-refractivity contribution in [1.29, 1.82) is 0 Å². The van der Waals surface area contributed by atoms with E-state index in [-0.39, 0.29) is 6.61 Å². The minimum atomic E-state index is -3.93. The van der Waals surface area contributed by atoms with Gasteiger partial charge in [-0.3, -0.25) is 0 Å².